The van der Waals surface area contributed by atoms with E-state index in [1.165, 1.54) is 12.1 Å². The van der Waals surface area contributed by atoms with Gasteiger partial charge in [0.05, 0.1) is 10.6 Å². The van der Waals surface area contributed by atoms with Gasteiger partial charge in [-0.15, -0.1) is 0 Å². The number of carbonyl (C=O) groups is 2. The summed E-state index contributed by atoms with van der Waals surface area (Å²) in [6.07, 6.45) is 0.475. The number of carbonyl (C=O) groups excluding carboxylic acids is 2. The fourth-order valence-corrected chi connectivity index (χ4v) is 1.57. The standard InChI is InChI=1S/C12H9ClO4/c1-7-6-10(16-11(7)14)17-12(15)8-4-2-3-5-9(8)13/h2-6,10H,1H3. The number of hydrogen-bond acceptors (Lipinski definition) is 4. The predicted molar refractivity (Wildman–Crippen MR) is 60.5 cm³/mol. The molecule has 1 atom stereocenters. The molecule has 5 heteroatoms. The molecule has 1 heterocycles. The molecule has 1 aromatic rings. The lowest BCUT2D eigenvalue weighted by atomic mass is 10.2. The Bertz CT molecular complexity index is 507. The van der Waals surface area contributed by atoms with Crippen molar-refractivity contribution in [1.82, 2.24) is 0 Å². The van der Waals surface area contributed by atoms with Gasteiger partial charge in [-0.05, 0) is 19.1 Å². The first-order valence-electron chi connectivity index (χ1n) is 4.93. The second kappa shape index (κ2) is 4.59. The van der Waals surface area contributed by atoms with Gasteiger partial charge in [0, 0.05) is 11.6 Å². The Morgan fingerprint density at radius 1 is 1.41 bits per heavy atom. The highest BCUT2D eigenvalue weighted by atomic mass is 35.5. The summed E-state index contributed by atoms with van der Waals surface area (Å²) in [6, 6.07) is 6.50. The molecule has 1 aliphatic rings. The molecule has 0 bridgehead atoms. The van der Waals surface area contributed by atoms with Crippen molar-refractivity contribution in [1.29, 1.82) is 0 Å². The smallest absolute Gasteiger partial charge is 0.342 e. The lowest BCUT2D eigenvalue weighted by Gasteiger charge is -2.10. The molecule has 0 amide bonds. The van der Waals surface area contributed by atoms with E-state index < -0.39 is 18.2 Å². The Morgan fingerprint density at radius 3 is 2.71 bits per heavy atom. The van der Waals surface area contributed by atoms with Crippen LogP contribution in [0.25, 0.3) is 0 Å². The van der Waals surface area contributed by atoms with Gasteiger partial charge in [0.15, 0.2) is 0 Å². The predicted octanol–water partition coefficient (Wildman–Crippen LogP) is 2.33. The van der Waals surface area contributed by atoms with Crippen molar-refractivity contribution in [2.75, 3.05) is 0 Å². The quantitative estimate of drug-likeness (QED) is 0.758. The van der Waals surface area contributed by atoms with Crippen LogP contribution in [-0.4, -0.2) is 18.2 Å². The first kappa shape index (κ1) is 11.7. The van der Waals surface area contributed by atoms with Crippen LogP contribution in [0.1, 0.15) is 17.3 Å². The summed E-state index contributed by atoms with van der Waals surface area (Å²) in [6.45, 7) is 1.59. The van der Waals surface area contributed by atoms with Gasteiger partial charge in [-0.3, -0.25) is 0 Å². The normalized spacial score (nSPS) is 18.6. The highest BCUT2D eigenvalue weighted by Crippen LogP contribution is 2.19. The van der Waals surface area contributed by atoms with E-state index in [0.29, 0.717) is 10.6 Å². The fourth-order valence-electron chi connectivity index (χ4n) is 1.36. The molecule has 1 unspecified atom stereocenters. The van der Waals surface area contributed by atoms with Gasteiger partial charge in [0.25, 0.3) is 6.29 Å². The average molecular weight is 253 g/mol. The van der Waals surface area contributed by atoms with E-state index in [4.69, 9.17) is 21.1 Å². The van der Waals surface area contributed by atoms with Crippen molar-refractivity contribution in [3.05, 3.63) is 46.5 Å². The number of rotatable bonds is 2. The summed E-state index contributed by atoms with van der Waals surface area (Å²) in [5.74, 6) is -1.11. The molecule has 88 valence electrons. The van der Waals surface area contributed by atoms with Gasteiger partial charge < -0.3 is 9.47 Å². The van der Waals surface area contributed by atoms with E-state index in [-0.39, 0.29) is 5.56 Å². The highest BCUT2D eigenvalue weighted by Gasteiger charge is 2.26. The lowest BCUT2D eigenvalue weighted by Crippen LogP contribution is -2.18. The zero-order valence-electron chi connectivity index (χ0n) is 8.98. The zero-order chi connectivity index (χ0) is 12.4. The Kier molecular flexibility index (Phi) is 3.15. The average Bonchev–Trinajstić information content (AvgIpc) is 2.58. The Morgan fingerprint density at radius 2 is 2.12 bits per heavy atom. The van der Waals surface area contributed by atoms with E-state index in [0.717, 1.165) is 0 Å². The summed E-state index contributed by atoms with van der Waals surface area (Å²) in [7, 11) is 0. The molecular formula is C12H9ClO4. The van der Waals surface area contributed by atoms with Gasteiger partial charge in [-0.2, -0.15) is 0 Å². The van der Waals surface area contributed by atoms with Gasteiger partial charge >= 0.3 is 11.9 Å². The van der Waals surface area contributed by atoms with Crippen LogP contribution in [0.2, 0.25) is 5.02 Å². The van der Waals surface area contributed by atoms with Crippen LogP contribution in [0.3, 0.4) is 0 Å². The van der Waals surface area contributed by atoms with Crippen LogP contribution in [0.4, 0.5) is 0 Å². The molecule has 1 aliphatic heterocycles. The molecule has 0 saturated heterocycles. The third kappa shape index (κ3) is 2.47. The van der Waals surface area contributed by atoms with Crippen molar-refractivity contribution < 1.29 is 19.1 Å². The molecular weight excluding hydrogens is 244 g/mol. The minimum Gasteiger partial charge on any atom is -0.418 e. The lowest BCUT2D eigenvalue weighted by molar-refractivity contribution is -0.151. The molecule has 0 aliphatic carbocycles. The highest BCUT2D eigenvalue weighted by molar-refractivity contribution is 6.33. The van der Waals surface area contributed by atoms with E-state index in [9.17, 15) is 9.59 Å². The van der Waals surface area contributed by atoms with E-state index in [1.54, 1.807) is 25.1 Å². The number of cyclic esters (lactones) is 1. The van der Waals surface area contributed by atoms with E-state index in [2.05, 4.69) is 0 Å². The molecule has 0 fully saturated rings. The van der Waals surface area contributed by atoms with E-state index >= 15 is 0 Å². The second-order valence-corrected chi connectivity index (χ2v) is 3.92. The van der Waals surface area contributed by atoms with Crippen molar-refractivity contribution in [3.8, 4) is 0 Å². The van der Waals surface area contributed by atoms with Crippen molar-refractivity contribution in [3.63, 3.8) is 0 Å². The third-order valence-electron chi connectivity index (χ3n) is 2.25. The topological polar surface area (TPSA) is 52.6 Å². The Labute approximate surface area is 103 Å². The van der Waals surface area contributed by atoms with Crippen LogP contribution in [0.15, 0.2) is 35.9 Å². The van der Waals surface area contributed by atoms with Crippen LogP contribution >= 0.6 is 11.6 Å². The molecule has 0 aromatic heterocycles. The maximum absolute atomic E-state index is 11.7. The summed E-state index contributed by atoms with van der Waals surface area (Å²) < 4.78 is 9.76. The number of halogens is 1. The summed E-state index contributed by atoms with van der Waals surface area (Å²) in [5.41, 5.74) is 0.658. The number of hydrogen-bond donors (Lipinski definition) is 0. The summed E-state index contributed by atoms with van der Waals surface area (Å²) in [5, 5.41) is 0.294. The van der Waals surface area contributed by atoms with Crippen LogP contribution in [-0.2, 0) is 14.3 Å². The minimum absolute atomic E-state index is 0.239. The molecule has 4 nitrogen and oxygen atoms in total. The van der Waals surface area contributed by atoms with Gasteiger partial charge in [-0.1, -0.05) is 23.7 Å². The van der Waals surface area contributed by atoms with Crippen molar-refractivity contribution in [2.24, 2.45) is 0 Å². The van der Waals surface area contributed by atoms with Gasteiger partial charge in [-0.25, -0.2) is 9.59 Å². The number of benzene rings is 1. The van der Waals surface area contributed by atoms with Crippen LogP contribution in [0.5, 0.6) is 0 Å². The molecule has 1 aromatic carbocycles. The molecule has 2 rings (SSSR count). The van der Waals surface area contributed by atoms with E-state index in [1.807, 2.05) is 0 Å². The van der Waals surface area contributed by atoms with Gasteiger partial charge in [0.2, 0.25) is 0 Å². The maximum Gasteiger partial charge on any atom is 0.342 e. The molecule has 0 N–H and O–H groups in total. The Balaban J connectivity index is 2.09. The number of ether oxygens (including phenoxy) is 2. The third-order valence-corrected chi connectivity index (χ3v) is 2.58. The first-order chi connectivity index (χ1) is 8.08. The number of esters is 2. The Hall–Kier alpha value is -1.81. The van der Waals surface area contributed by atoms with Crippen molar-refractivity contribution >= 4 is 23.5 Å². The summed E-state index contributed by atoms with van der Waals surface area (Å²) in [4.78, 5) is 22.8. The van der Waals surface area contributed by atoms with Gasteiger partial charge in [0.1, 0.15) is 0 Å². The van der Waals surface area contributed by atoms with Crippen LogP contribution in [0, 0.1) is 0 Å². The zero-order valence-corrected chi connectivity index (χ0v) is 9.73. The molecule has 0 spiro atoms. The SMILES string of the molecule is CC1=CC(OC(=O)c2ccccc2Cl)OC1=O. The monoisotopic (exact) mass is 252 g/mol. The molecule has 0 saturated carbocycles. The molecule has 0 radical (unpaired) electrons. The summed E-state index contributed by atoms with van der Waals surface area (Å²) >= 11 is 5.84. The second-order valence-electron chi connectivity index (χ2n) is 3.51. The maximum atomic E-state index is 11.7. The molecule has 17 heavy (non-hydrogen) atoms. The minimum atomic E-state index is -0.966. The first-order valence-corrected chi connectivity index (χ1v) is 5.30. The van der Waals surface area contributed by atoms with Crippen LogP contribution < -0.4 is 0 Å². The fraction of sp³-hybridized carbons (Fsp3) is 0.167. The largest absolute Gasteiger partial charge is 0.418 e. The van der Waals surface area contributed by atoms with Crippen molar-refractivity contribution in [2.45, 2.75) is 13.2 Å².